The highest BCUT2D eigenvalue weighted by molar-refractivity contribution is 7.93. The maximum atomic E-state index is 13.5. The summed E-state index contributed by atoms with van der Waals surface area (Å²) in [5.41, 5.74) is 1.54. The largest absolute Gasteiger partial charge is 0.369 e. The van der Waals surface area contributed by atoms with Crippen molar-refractivity contribution in [1.29, 1.82) is 0 Å². The highest BCUT2D eigenvalue weighted by Gasteiger charge is 2.38. The van der Waals surface area contributed by atoms with Crippen LogP contribution >= 0.6 is 22.9 Å². The molecule has 2 aliphatic rings. The number of rotatable bonds is 6. The molecule has 1 atom stereocenters. The lowest BCUT2D eigenvalue weighted by Gasteiger charge is -2.38. The lowest BCUT2D eigenvalue weighted by molar-refractivity contribution is -0.121. The Balaban J connectivity index is 0.00000304. The van der Waals surface area contributed by atoms with E-state index in [0.29, 0.717) is 50.0 Å². The SMILES string of the molecule is O=C1[C@@H](N2CCN(c3ccc(F)c(Cl)c3)CC2)CCN1c1ccc(S(=O)(=O)Nc2nccs2)cc1.[HH]. The third kappa shape index (κ3) is 4.99. The molecule has 1 aromatic heterocycles. The Labute approximate surface area is 213 Å². The lowest BCUT2D eigenvalue weighted by Crippen LogP contribution is -2.52. The number of piperazine rings is 1. The van der Waals surface area contributed by atoms with Crippen molar-refractivity contribution in [2.45, 2.75) is 17.4 Å². The number of sulfonamides is 1. The van der Waals surface area contributed by atoms with E-state index in [2.05, 4.69) is 19.5 Å². The lowest BCUT2D eigenvalue weighted by atomic mass is 10.1. The Morgan fingerprint density at radius 3 is 2.43 bits per heavy atom. The van der Waals surface area contributed by atoms with Crippen LogP contribution in [0.1, 0.15) is 7.85 Å². The average Bonchev–Trinajstić information content (AvgIpc) is 3.50. The van der Waals surface area contributed by atoms with Crippen molar-refractivity contribution in [2.75, 3.05) is 47.2 Å². The predicted molar refractivity (Wildman–Crippen MR) is 137 cm³/mol. The van der Waals surface area contributed by atoms with E-state index in [1.165, 1.54) is 35.7 Å². The van der Waals surface area contributed by atoms with Crippen LogP contribution in [-0.4, -0.2) is 63.0 Å². The number of hydrogen-bond acceptors (Lipinski definition) is 7. The number of hydrogen-bond donors (Lipinski definition) is 1. The standard InChI is InChI=1S/C23H23ClFN5O3S2.H2/c24-19-15-17(3-6-20(19)25)28-10-12-29(13-11-28)21-7-9-30(22(21)31)16-1-4-18(5-2-16)35(32,33)27-23-26-8-14-34-23;/h1-6,8,14-15,21H,7,9-13H2,(H,26,27);1H/t21-;/m0./s1. The molecular weight excluding hydrogens is 513 g/mol. The van der Waals surface area contributed by atoms with E-state index in [1.807, 2.05) is 0 Å². The summed E-state index contributed by atoms with van der Waals surface area (Å²) < 4.78 is 41.0. The molecule has 186 valence electrons. The quantitative estimate of drug-likeness (QED) is 0.513. The van der Waals surface area contributed by atoms with Gasteiger partial charge in [0, 0.05) is 57.1 Å². The van der Waals surface area contributed by atoms with Gasteiger partial charge < -0.3 is 9.80 Å². The van der Waals surface area contributed by atoms with Crippen molar-refractivity contribution >= 4 is 55.4 Å². The topological polar surface area (TPSA) is 85.9 Å². The van der Waals surface area contributed by atoms with Crippen molar-refractivity contribution in [3.05, 3.63) is 64.9 Å². The zero-order chi connectivity index (χ0) is 24.6. The number of benzene rings is 2. The normalized spacial score (nSPS) is 19.4. The highest BCUT2D eigenvalue weighted by atomic mass is 35.5. The van der Waals surface area contributed by atoms with E-state index in [1.54, 1.807) is 34.5 Å². The molecule has 2 aromatic carbocycles. The van der Waals surface area contributed by atoms with Crippen LogP contribution in [0.5, 0.6) is 0 Å². The second-order valence-electron chi connectivity index (χ2n) is 8.35. The predicted octanol–water partition coefficient (Wildman–Crippen LogP) is 3.91. The maximum absolute atomic E-state index is 13.5. The number of halogens is 2. The molecule has 2 saturated heterocycles. The third-order valence-electron chi connectivity index (χ3n) is 6.31. The third-order valence-corrected chi connectivity index (χ3v) is 8.78. The number of amides is 1. The monoisotopic (exact) mass is 537 g/mol. The Bertz CT molecular complexity index is 1320. The van der Waals surface area contributed by atoms with E-state index in [4.69, 9.17) is 11.6 Å². The van der Waals surface area contributed by atoms with Crippen LogP contribution in [0.25, 0.3) is 0 Å². The summed E-state index contributed by atoms with van der Waals surface area (Å²) in [5, 5.41) is 2.09. The Morgan fingerprint density at radius 2 is 1.77 bits per heavy atom. The molecule has 0 aliphatic carbocycles. The van der Waals surface area contributed by atoms with E-state index < -0.39 is 15.8 Å². The van der Waals surface area contributed by atoms with Crippen molar-refractivity contribution in [3.63, 3.8) is 0 Å². The van der Waals surface area contributed by atoms with Crippen LogP contribution in [0.3, 0.4) is 0 Å². The fourth-order valence-electron chi connectivity index (χ4n) is 4.49. The summed E-state index contributed by atoms with van der Waals surface area (Å²) in [6.07, 6.45) is 2.23. The smallest absolute Gasteiger partial charge is 0.263 e. The van der Waals surface area contributed by atoms with Crippen LogP contribution in [0.4, 0.5) is 20.9 Å². The molecular formula is C23H25ClFN5O3S2. The summed E-state index contributed by atoms with van der Waals surface area (Å²) >= 11 is 7.12. The molecule has 2 fully saturated rings. The molecule has 12 heteroatoms. The molecule has 3 heterocycles. The van der Waals surface area contributed by atoms with Gasteiger partial charge in [-0.1, -0.05) is 11.6 Å². The zero-order valence-corrected chi connectivity index (χ0v) is 21.0. The molecule has 0 radical (unpaired) electrons. The van der Waals surface area contributed by atoms with E-state index in [0.717, 1.165) is 5.69 Å². The van der Waals surface area contributed by atoms with Crippen molar-refractivity contribution < 1.29 is 19.0 Å². The van der Waals surface area contributed by atoms with Crippen LogP contribution in [0.15, 0.2) is 58.9 Å². The Kier molecular flexibility index (Phi) is 6.67. The molecule has 1 amide bonds. The van der Waals surface area contributed by atoms with Crippen molar-refractivity contribution in [1.82, 2.24) is 9.88 Å². The van der Waals surface area contributed by atoms with Crippen molar-refractivity contribution in [3.8, 4) is 0 Å². The van der Waals surface area contributed by atoms with Crippen LogP contribution in [0, 0.1) is 5.82 Å². The first-order chi connectivity index (χ1) is 16.8. The summed E-state index contributed by atoms with van der Waals surface area (Å²) in [6, 6.07) is 10.8. The van der Waals surface area contributed by atoms with Gasteiger partial charge in [0.1, 0.15) is 5.82 Å². The molecule has 2 aliphatic heterocycles. The van der Waals surface area contributed by atoms with E-state index in [9.17, 15) is 17.6 Å². The van der Waals surface area contributed by atoms with Crippen LogP contribution in [-0.2, 0) is 14.8 Å². The first kappa shape index (κ1) is 24.0. The average molecular weight is 538 g/mol. The first-order valence-electron chi connectivity index (χ1n) is 11.1. The van der Waals surface area contributed by atoms with Gasteiger partial charge in [0.15, 0.2) is 5.13 Å². The molecule has 8 nitrogen and oxygen atoms in total. The van der Waals surface area contributed by atoms with Gasteiger partial charge in [0.25, 0.3) is 10.0 Å². The van der Waals surface area contributed by atoms with Gasteiger partial charge in [0.05, 0.1) is 16.0 Å². The molecule has 35 heavy (non-hydrogen) atoms. The minimum Gasteiger partial charge on any atom is -0.369 e. The molecule has 0 unspecified atom stereocenters. The zero-order valence-electron chi connectivity index (χ0n) is 18.6. The van der Waals surface area contributed by atoms with Crippen molar-refractivity contribution in [2.24, 2.45) is 0 Å². The fourth-order valence-corrected chi connectivity index (χ4v) is 6.45. The van der Waals surface area contributed by atoms with Gasteiger partial charge in [-0.05, 0) is 48.9 Å². The number of carbonyl (C=O) groups excluding carboxylic acids is 1. The fraction of sp³-hybridized carbons (Fsp3) is 0.304. The van der Waals surface area contributed by atoms with Gasteiger partial charge >= 0.3 is 0 Å². The second kappa shape index (κ2) is 9.73. The number of thiazole rings is 1. The number of aromatic nitrogens is 1. The van der Waals surface area contributed by atoms with Gasteiger partial charge in [-0.15, -0.1) is 11.3 Å². The van der Waals surface area contributed by atoms with Gasteiger partial charge in [-0.25, -0.2) is 17.8 Å². The summed E-state index contributed by atoms with van der Waals surface area (Å²) in [7, 11) is -3.75. The Hall–Kier alpha value is -2.73. The Morgan fingerprint density at radius 1 is 1.06 bits per heavy atom. The molecule has 5 rings (SSSR count). The number of anilines is 3. The highest BCUT2D eigenvalue weighted by Crippen LogP contribution is 2.28. The molecule has 0 spiro atoms. The first-order valence-corrected chi connectivity index (χ1v) is 13.8. The maximum Gasteiger partial charge on any atom is 0.263 e. The number of carbonyl (C=O) groups is 1. The van der Waals surface area contributed by atoms with E-state index in [-0.39, 0.29) is 23.3 Å². The second-order valence-corrected chi connectivity index (χ2v) is 11.3. The molecule has 0 saturated carbocycles. The number of nitrogens with zero attached hydrogens (tertiary/aromatic N) is 4. The van der Waals surface area contributed by atoms with Gasteiger partial charge in [-0.2, -0.15) is 0 Å². The van der Waals surface area contributed by atoms with E-state index >= 15 is 0 Å². The minimum absolute atomic E-state index is 0. The van der Waals surface area contributed by atoms with Crippen LogP contribution < -0.4 is 14.5 Å². The molecule has 1 N–H and O–H groups in total. The summed E-state index contributed by atoms with van der Waals surface area (Å²) in [6.45, 7) is 3.41. The minimum atomic E-state index is -3.75. The molecule has 3 aromatic rings. The number of nitrogens with one attached hydrogen (secondary N) is 1. The molecule has 0 bridgehead atoms. The van der Waals surface area contributed by atoms with Crippen LogP contribution in [0.2, 0.25) is 5.02 Å². The summed E-state index contributed by atoms with van der Waals surface area (Å²) in [5.74, 6) is -0.424. The summed E-state index contributed by atoms with van der Waals surface area (Å²) in [4.78, 5) is 23.3. The van der Waals surface area contributed by atoms with Gasteiger partial charge in [0.2, 0.25) is 5.91 Å². The van der Waals surface area contributed by atoms with Gasteiger partial charge in [-0.3, -0.25) is 14.4 Å².